The first-order valence-corrected chi connectivity index (χ1v) is 7.48. The summed E-state index contributed by atoms with van der Waals surface area (Å²) in [4.78, 5) is 24.0. The summed E-state index contributed by atoms with van der Waals surface area (Å²) in [6.45, 7) is 1.30. The summed E-state index contributed by atoms with van der Waals surface area (Å²) < 4.78 is 17.3. The zero-order chi connectivity index (χ0) is 15.7. The number of hydrogen-bond acceptors (Lipinski definition) is 5. The zero-order valence-corrected chi connectivity index (χ0v) is 12.8. The minimum atomic E-state index is -0.742. The second kappa shape index (κ2) is 5.51. The molecule has 3 rings (SSSR count). The molecule has 6 heteroatoms. The monoisotopic (exact) mass is 305 g/mol. The van der Waals surface area contributed by atoms with Gasteiger partial charge in [-0.05, 0) is 25.0 Å². The Labute approximate surface area is 128 Å². The van der Waals surface area contributed by atoms with Gasteiger partial charge in [-0.3, -0.25) is 9.69 Å². The molecule has 0 N–H and O–H groups in total. The normalized spacial score (nSPS) is 18.1. The Bertz CT molecular complexity index is 607. The lowest BCUT2D eigenvalue weighted by Crippen LogP contribution is -2.40. The molecule has 1 aliphatic heterocycles. The molecule has 1 spiro atoms. The van der Waals surface area contributed by atoms with Crippen molar-refractivity contribution in [2.75, 3.05) is 7.05 Å². The molecule has 0 unspecified atom stereocenters. The number of fused-ring (bicyclic) bond motifs is 1. The van der Waals surface area contributed by atoms with Crippen LogP contribution < -0.4 is 14.2 Å². The third-order valence-corrected chi connectivity index (χ3v) is 4.09. The molecule has 118 valence electrons. The van der Waals surface area contributed by atoms with Gasteiger partial charge in [-0.1, -0.05) is 12.5 Å². The second-order valence-corrected chi connectivity index (χ2v) is 5.70. The average molecular weight is 305 g/mol. The van der Waals surface area contributed by atoms with Crippen LogP contribution >= 0.6 is 0 Å². The highest BCUT2D eigenvalue weighted by Crippen LogP contribution is 2.50. The maximum Gasteiger partial charge on any atom is 0.421 e. The fourth-order valence-electron chi connectivity index (χ4n) is 2.75. The van der Waals surface area contributed by atoms with Gasteiger partial charge in [0.05, 0.1) is 0 Å². The van der Waals surface area contributed by atoms with Crippen LogP contribution in [0.25, 0.3) is 0 Å². The van der Waals surface area contributed by atoms with Gasteiger partial charge in [-0.15, -0.1) is 0 Å². The topological polar surface area (TPSA) is 65.1 Å². The Morgan fingerprint density at radius 1 is 1.18 bits per heavy atom. The molecule has 6 nitrogen and oxygen atoms in total. The van der Waals surface area contributed by atoms with Crippen molar-refractivity contribution in [3.05, 3.63) is 18.2 Å². The minimum absolute atomic E-state index is 0.276. The van der Waals surface area contributed by atoms with E-state index >= 15 is 0 Å². The van der Waals surface area contributed by atoms with Gasteiger partial charge >= 0.3 is 6.09 Å². The van der Waals surface area contributed by atoms with Crippen molar-refractivity contribution in [3.8, 4) is 17.2 Å². The Hall–Kier alpha value is -2.24. The van der Waals surface area contributed by atoms with E-state index in [2.05, 4.69) is 0 Å². The van der Waals surface area contributed by atoms with Gasteiger partial charge in [0.25, 0.3) is 5.79 Å². The lowest BCUT2D eigenvalue weighted by molar-refractivity contribution is -0.125. The number of benzene rings is 1. The molecule has 1 aliphatic carbocycles. The molecule has 0 aromatic heterocycles. The van der Waals surface area contributed by atoms with Crippen LogP contribution in [0, 0.1) is 0 Å². The van der Waals surface area contributed by atoms with E-state index in [9.17, 15) is 9.59 Å². The van der Waals surface area contributed by atoms with E-state index in [1.54, 1.807) is 18.2 Å². The first-order valence-electron chi connectivity index (χ1n) is 7.48. The second-order valence-electron chi connectivity index (χ2n) is 5.70. The number of ether oxygens (including phenoxy) is 3. The number of amides is 2. The summed E-state index contributed by atoms with van der Waals surface area (Å²) in [5.41, 5.74) is 0. The van der Waals surface area contributed by atoms with E-state index < -0.39 is 17.8 Å². The molecular weight excluding hydrogens is 286 g/mol. The summed E-state index contributed by atoms with van der Waals surface area (Å²) in [5, 5.41) is 0. The fraction of sp³-hybridized carbons (Fsp3) is 0.500. The molecule has 1 aromatic carbocycles. The third kappa shape index (κ3) is 2.61. The van der Waals surface area contributed by atoms with Gasteiger partial charge in [0.1, 0.15) is 0 Å². The molecule has 0 bridgehead atoms. The Morgan fingerprint density at radius 3 is 2.59 bits per heavy atom. The zero-order valence-electron chi connectivity index (χ0n) is 12.8. The highest BCUT2D eigenvalue weighted by Gasteiger charge is 2.44. The van der Waals surface area contributed by atoms with Crippen molar-refractivity contribution >= 4 is 12.0 Å². The highest BCUT2D eigenvalue weighted by atomic mass is 16.7. The van der Waals surface area contributed by atoms with Crippen LogP contribution in [-0.4, -0.2) is 29.7 Å². The smallest absolute Gasteiger partial charge is 0.421 e. The highest BCUT2D eigenvalue weighted by molar-refractivity contribution is 5.91. The molecule has 2 aliphatic rings. The maximum absolute atomic E-state index is 11.9. The van der Waals surface area contributed by atoms with Gasteiger partial charge in [0.15, 0.2) is 11.5 Å². The Morgan fingerprint density at radius 2 is 1.91 bits per heavy atom. The van der Waals surface area contributed by atoms with Crippen molar-refractivity contribution in [3.63, 3.8) is 0 Å². The summed E-state index contributed by atoms with van der Waals surface area (Å²) in [6, 6.07) is 5.17. The molecule has 1 heterocycles. The van der Waals surface area contributed by atoms with Crippen LogP contribution in [0.5, 0.6) is 17.2 Å². The van der Waals surface area contributed by atoms with E-state index in [0.717, 1.165) is 30.6 Å². The molecule has 0 saturated heterocycles. The summed E-state index contributed by atoms with van der Waals surface area (Å²) in [5.74, 6) is 0.277. The number of nitrogens with zero attached hydrogens (tertiary/aromatic N) is 1. The maximum atomic E-state index is 11.9. The average Bonchev–Trinajstić information content (AvgIpc) is 2.85. The Balaban J connectivity index is 1.81. The van der Waals surface area contributed by atoms with Gasteiger partial charge in [-0.2, -0.15) is 0 Å². The molecule has 1 fully saturated rings. The molecule has 0 atom stereocenters. The van der Waals surface area contributed by atoms with E-state index in [4.69, 9.17) is 14.2 Å². The van der Waals surface area contributed by atoms with Gasteiger partial charge in [-0.25, -0.2) is 4.79 Å². The van der Waals surface area contributed by atoms with E-state index in [1.807, 2.05) is 0 Å². The van der Waals surface area contributed by atoms with Crippen LogP contribution in [0.3, 0.4) is 0 Å². The lowest BCUT2D eigenvalue weighted by atomic mass is 9.94. The van der Waals surface area contributed by atoms with Crippen molar-refractivity contribution in [2.24, 2.45) is 0 Å². The predicted octanol–water partition coefficient (Wildman–Crippen LogP) is 3.10. The van der Waals surface area contributed by atoms with Gasteiger partial charge in [0.2, 0.25) is 11.7 Å². The van der Waals surface area contributed by atoms with Crippen LogP contribution in [-0.2, 0) is 4.79 Å². The number of hydrogen-bond donors (Lipinski definition) is 0. The number of carbonyl (C=O) groups excluding carboxylic acids is 2. The van der Waals surface area contributed by atoms with E-state index in [0.29, 0.717) is 11.5 Å². The van der Waals surface area contributed by atoms with E-state index in [1.165, 1.54) is 20.4 Å². The number of para-hydroxylation sites is 1. The minimum Gasteiger partial charge on any atom is -0.448 e. The lowest BCUT2D eigenvalue weighted by Gasteiger charge is -2.31. The molecule has 1 saturated carbocycles. The van der Waals surface area contributed by atoms with Crippen LogP contribution in [0.15, 0.2) is 18.2 Å². The predicted molar refractivity (Wildman–Crippen MR) is 78.0 cm³/mol. The molecule has 0 radical (unpaired) electrons. The first kappa shape index (κ1) is 14.7. The van der Waals surface area contributed by atoms with Crippen molar-refractivity contribution in [1.82, 2.24) is 4.90 Å². The standard InChI is InChI=1S/C16H19NO5/c1-11(18)17(2)15(19)20-12-7-6-8-13-14(12)22-16(21-13)9-4-3-5-10-16/h6-8H,3-5,9-10H2,1-2H3. The van der Waals surface area contributed by atoms with Crippen molar-refractivity contribution < 1.29 is 23.8 Å². The largest absolute Gasteiger partial charge is 0.448 e. The fourth-order valence-corrected chi connectivity index (χ4v) is 2.75. The van der Waals surface area contributed by atoms with Crippen molar-refractivity contribution in [1.29, 1.82) is 0 Å². The summed E-state index contributed by atoms with van der Waals surface area (Å²) >= 11 is 0. The number of carbonyl (C=O) groups is 2. The van der Waals surface area contributed by atoms with Crippen LogP contribution in [0.2, 0.25) is 0 Å². The quantitative estimate of drug-likeness (QED) is 0.797. The van der Waals surface area contributed by atoms with Crippen LogP contribution in [0.4, 0.5) is 4.79 Å². The first-order chi connectivity index (χ1) is 10.5. The number of imide groups is 1. The van der Waals surface area contributed by atoms with Gasteiger partial charge < -0.3 is 14.2 Å². The molecule has 22 heavy (non-hydrogen) atoms. The molecule has 2 amide bonds. The summed E-state index contributed by atoms with van der Waals surface area (Å²) in [6.07, 6.45) is 4.18. The SMILES string of the molecule is CC(=O)N(C)C(=O)Oc1cccc2c1OC1(CCCCC1)O2. The third-order valence-electron chi connectivity index (χ3n) is 4.09. The molecular formula is C16H19NO5. The number of rotatable bonds is 1. The molecule has 1 aromatic rings. The van der Waals surface area contributed by atoms with Crippen LogP contribution in [0.1, 0.15) is 39.0 Å². The van der Waals surface area contributed by atoms with E-state index in [-0.39, 0.29) is 5.75 Å². The Kier molecular flexibility index (Phi) is 3.68. The van der Waals surface area contributed by atoms with Gasteiger partial charge in [0, 0.05) is 26.8 Å². The summed E-state index contributed by atoms with van der Waals surface area (Å²) in [7, 11) is 1.37. The van der Waals surface area contributed by atoms with Crippen molar-refractivity contribution in [2.45, 2.75) is 44.8 Å².